The standard InChI is InChI=1S/C21H26.C20H24.C19H22/c1-3-5-7-9-19-12-16-21(17-13-19)20-14-10-18(11-15-20)8-6-4-2;1-3-5-6-8-18-11-15-20(16-12-18)19-13-9-17(7-4-2)10-14-19;1-3-5-6-7-17-10-14-19(15-11-17)18-12-8-16(4-2)9-13-18/h3,5,10-17H,4,6-9H2,1-2H3;3,5,9-16H,4,6-8H2,1-2H3;3,5,8-15H,4,6-7H2,1-2H3/b3*5-3-. The maximum absolute atomic E-state index is 2.27. The van der Waals surface area contributed by atoms with E-state index >= 15 is 0 Å². The summed E-state index contributed by atoms with van der Waals surface area (Å²) in [5.41, 5.74) is 16.4. The van der Waals surface area contributed by atoms with Gasteiger partial charge in [-0.1, -0.05) is 216 Å². The number of allylic oxidation sites excluding steroid dienone is 6. The fourth-order valence-corrected chi connectivity index (χ4v) is 7.17. The summed E-state index contributed by atoms with van der Waals surface area (Å²) in [6, 6.07) is 53.8. The molecule has 0 saturated carbocycles. The van der Waals surface area contributed by atoms with Crippen molar-refractivity contribution in [1.29, 1.82) is 0 Å². The highest BCUT2D eigenvalue weighted by Crippen LogP contribution is 2.24. The van der Waals surface area contributed by atoms with E-state index < -0.39 is 0 Å². The van der Waals surface area contributed by atoms with Crippen molar-refractivity contribution in [3.8, 4) is 33.4 Å². The van der Waals surface area contributed by atoms with E-state index in [2.05, 4.69) is 224 Å². The number of unbranched alkanes of at least 4 members (excludes halogenated alkanes) is 1. The first-order valence-corrected chi connectivity index (χ1v) is 22.9. The van der Waals surface area contributed by atoms with E-state index in [-0.39, 0.29) is 0 Å². The second-order valence-electron chi connectivity index (χ2n) is 15.7. The van der Waals surface area contributed by atoms with Gasteiger partial charge in [-0.2, -0.15) is 0 Å². The molecule has 0 spiro atoms. The molecule has 0 bridgehead atoms. The van der Waals surface area contributed by atoms with Crippen LogP contribution in [0.5, 0.6) is 0 Å². The molecule has 0 nitrogen and oxygen atoms in total. The van der Waals surface area contributed by atoms with Crippen molar-refractivity contribution in [3.05, 3.63) is 215 Å². The van der Waals surface area contributed by atoms with Gasteiger partial charge < -0.3 is 0 Å². The average Bonchev–Trinajstić information content (AvgIpc) is 3.30. The topological polar surface area (TPSA) is 0 Å². The van der Waals surface area contributed by atoms with Crippen molar-refractivity contribution in [1.82, 2.24) is 0 Å². The second kappa shape index (κ2) is 28.1. The quantitative estimate of drug-likeness (QED) is 0.0761. The van der Waals surface area contributed by atoms with Gasteiger partial charge in [-0.15, -0.1) is 0 Å². The zero-order chi connectivity index (χ0) is 42.6. The minimum absolute atomic E-state index is 1.10. The summed E-state index contributed by atoms with van der Waals surface area (Å²) in [4.78, 5) is 0. The van der Waals surface area contributed by atoms with E-state index in [0.29, 0.717) is 0 Å². The van der Waals surface area contributed by atoms with Crippen molar-refractivity contribution in [2.75, 3.05) is 0 Å². The summed E-state index contributed by atoms with van der Waals surface area (Å²) in [6.07, 6.45) is 27.0. The molecule has 0 heterocycles. The van der Waals surface area contributed by atoms with Crippen LogP contribution in [-0.4, -0.2) is 0 Å². The van der Waals surface area contributed by atoms with Crippen LogP contribution in [0.1, 0.15) is 113 Å². The van der Waals surface area contributed by atoms with Gasteiger partial charge in [-0.05, 0) is 152 Å². The van der Waals surface area contributed by atoms with Crippen LogP contribution in [0.3, 0.4) is 0 Å². The van der Waals surface area contributed by atoms with Gasteiger partial charge in [-0.3, -0.25) is 0 Å². The largest absolute Gasteiger partial charge is 0.0917 e. The monoisotopic (exact) mass is 793 g/mol. The van der Waals surface area contributed by atoms with Crippen LogP contribution in [0.4, 0.5) is 0 Å². The summed E-state index contributed by atoms with van der Waals surface area (Å²) >= 11 is 0. The Morgan fingerprint density at radius 3 is 0.767 bits per heavy atom. The molecular weight excluding hydrogens is 721 g/mol. The van der Waals surface area contributed by atoms with E-state index in [9.17, 15) is 0 Å². The summed E-state index contributed by atoms with van der Waals surface area (Å²) in [6.45, 7) is 12.9. The smallest absolute Gasteiger partial charge is 0.0184 e. The van der Waals surface area contributed by atoms with Gasteiger partial charge in [0.05, 0.1) is 0 Å². The number of aryl methyl sites for hydroxylation is 6. The first-order chi connectivity index (χ1) is 29.5. The van der Waals surface area contributed by atoms with Crippen LogP contribution >= 0.6 is 0 Å². The molecule has 60 heavy (non-hydrogen) atoms. The van der Waals surface area contributed by atoms with E-state index in [1.165, 1.54) is 98.9 Å². The van der Waals surface area contributed by atoms with Crippen molar-refractivity contribution in [2.24, 2.45) is 0 Å². The van der Waals surface area contributed by atoms with Crippen molar-refractivity contribution < 1.29 is 0 Å². The van der Waals surface area contributed by atoms with Crippen molar-refractivity contribution >= 4 is 0 Å². The Bertz CT molecular complexity index is 2090. The highest BCUT2D eigenvalue weighted by molar-refractivity contribution is 5.65. The normalized spacial score (nSPS) is 11.1. The number of hydrogen-bond donors (Lipinski definition) is 0. The SMILES string of the molecule is C/C=C\CCc1ccc(-c2ccc(CC)cc2)cc1.C/C=C\CCc1ccc(-c2ccc(CCC)cc2)cc1.C/C=C\CCc1ccc(-c2ccc(CCCC)cc2)cc1. The summed E-state index contributed by atoms with van der Waals surface area (Å²) in [5, 5.41) is 0. The average molecular weight is 793 g/mol. The molecule has 6 aromatic carbocycles. The van der Waals surface area contributed by atoms with Crippen molar-refractivity contribution in [2.45, 2.75) is 119 Å². The van der Waals surface area contributed by atoms with E-state index in [1.807, 2.05) is 0 Å². The highest BCUT2D eigenvalue weighted by Gasteiger charge is 2.02. The van der Waals surface area contributed by atoms with Crippen LogP contribution in [0.2, 0.25) is 0 Å². The third kappa shape index (κ3) is 17.0. The lowest BCUT2D eigenvalue weighted by molar-refractivity contribution is 0.795. The Labute approximate surface area is 365 Å². The van der Waals surface area contributed by atoms with E-state index in [4.69, 9.17) is 0 Å². The molecule has 0 heteroatoms. The van der Waals surface area contributed by atoms with Crippen LogP contribution in [-0.2, 0) is 38.5 Å². The number of rotatable bonds is 18. The summed E-state index contributed by atoms with van der Waals surface area (Å²) < 4.78 is 0. The van der Waals surface area contributed by atoms with Crippen LogP contribution in [0, 0.1) is 0 Å². The molecule has 0 saturated heterocycles. The van der Waals surface area contributed by atoms with Gasteiger partial charge in [0.2, 0.25) is 0 Å². The molecule has 0 fully saturated rings. The Hall–Kier alpha value is -5.46. The molecule has 0 aliphatic carbocycles. The number of hydrogen-bond acceptors (Lipinski definition) is 0. The maximum Gasteiger partial charge on any atom is -0.0184 e. The lowest BCUT2D eigenvalue weighted by Gasteiger charge is -2.06. The van der Waals surface area contributed by atoms with Crippen LogP contribution in [0.25, 0.3) is 33.4 Å². The predicted octanol–water partition coefficient (Wildman–Crippen LogP) is 17.4. The van der Waals surface area contributed by atoms with E-state index in [0.717, 1.165) is 44.9 Å². The molecule has 312 valence electrons. The fraction of sp³-hybridized carbons (Fsp3) is 0.300. The molecule has 0 aliphatic rings. The molecule has 0 amide bonds. The first-order valence-electron chi connectivity index (χ1n) is 22.9. The van der Waals surface area contributed by atoms with Gasteiger partial charge >= 0.3 is 0 Å². The zero-order valence-corrected chi connectivity index (χ0v) is 37.8. The second-order valence-corrected chi connectivity index (χ2v) is 15.7. The van der Waals surface area contributed by atoms with Gasteiger partial charge in [0.15, 0.2) is 0 Å². The minimum Gasteiger partial charge on any atom is -0.0917 e. The predicted molar refractivity (Wildman–Crippen MR) is 267 cm³/mol. The fourth-order valence-electron chi connectivity index (χ4n) is 7.17. The maximum atomic E-state index is 2.27. The Balaban J connectivity index is 0.000000199. The third-order valence-corrected chi connectivity index (χ3v) is 11.0. The molecule has 6 aromatic rings. The van der Waals surface area contributed by atoms with Gasteiger partial charge in [0.25, 0.3) is 0 Å². The Morgan fingerprint density at radius 2 is 0.533 bits per heavy atom. The van der Waals surface area contributed by atoms with Crippen molar-refractivity contribution in [3.63, 3.8) is 0 Å². The lowest BCUT2D eigenvalue weighted by Crippen LogP contribution is -1.86. The van der Waals surface area contributed by atoms with Gasteiger partial charge in [0, 0.05) is 0 Å². The van der Waals surface area contributed by atoms with Crippen LogP contribution < -0.4 is 0 Å². The third-order valence-electron chi connectivity index (χ3n) is 11.0. The zero-order valence-electron chi connectivity index (χ0n) is 37.8. The first kappa shape index (κ1) is 47.2. The molecule has 0 atom stereocenters. The van der Waals surface area contributed by atoms with Crippen LogP contribution in [0.15, 0.2) is 182 Å². The molecule has 0 radical (unpaired) electrons. The molecule has 0 aliphatic heterocycles. The van der Waals surface area contributed by atoms with Gasteiger partial charge in [-0.25, -0.2) is 0 Å². The summed E-state index contributed by atoms with van der Waals surface area (Å²) in [5.74, 6) is 0. The number of benzene rings is 6. The molecular formula is C60H72. The lowest BCUT2D eigenvalue weighted by atomic mass is 10.00. The molecule has 0 N–H and O–H groups in total. The Kier molecular flexibility index (Phi) is 22.1. The van der Waals surface area contributed by atoms with E-state index in [1.54, 1.807) is 0 Å². The molecule has 0 unspecified atom stereocenters. The minimum atomic E-state index is 1.10. The molecule has 0 aromatic heterocycles. The Morgan fingerprint density at radius 1 is 0.283 bits per heavy atom. The summed E-state index contributed by atoms with van der Waals surface area (Å²) in [7, 11) is 0. The van der Waals surface area contributed by atoms with Gasteiger partial charge in [0.1, 0.15) is 0 Å². The highest BCUT2D eigenvalue weighted by atomic mass is 14.1. The molecule has 6 rings (SSSR count).